The van der Waals surface area contributed by atoms with Gasteiger partial charge in [0.25, 0.3) is 0 Å². The second kappa shape index (κ2) is 4.77. The normalized spacial score (nSPS) is 10.8. The Bertz CT molecular complexity index is 777. The number of nitrogens with two attached hydrogens (primary N) is 1. The molecule has 2 aromatic carbocycles. The fourth-order valence-corrected chi connectivity index (χ4v) is 2.20. The number of nitrogens with one attached hydrogen (secondary N) is 1. The summed E-state index contributed by atoms with van der Waals surface area (Å²) < 4.78 is 13.0. The van der Waals surface area contributed by atoms with E-state index in [2.05, 4.69) is 10.2 Å². The molecule has 3 N–H and O–H groups in total. The quantitative estimate of drug-likeness (QED) is 0.766. The molecule has 0 aliphatic heterocycles. The Hall–Kier alpha value is -2.69. The van der Waals surface area contributed by atoms with Crippen molar-refractivity contribution < 1.29 is 9.18 Å². The number of aromatic amines is 1. The fourth-order valence-electron chi connectivity index (χ4n) is 2.20. The van der Waals surface area contributed by atoms with E-state index in [-0.39, 0.29) is 18.1 Å². The lowest BCUT2D eigenvalue weighted by molar-refractivity contribution is -0.117. The summed E-state index contributed by atoms with van der Waals surface area (Å²) in [5.74, 6) is -0.667. The van der Waals surface area contributed by atoms with Gasteiger partial charge in [-0.2, -0.15) is 5.10 Å². The molecule has 4 nitrogen and oxygen atoms in total. The van der Waals surface area contributed by atoms with Gasteiger partial charge in [-0.15, -0.1) is 0 Å². The van der Waals surface area contributed by atoms with E-state index in [0.717, 1.165) is 27.7 Å². The molecule has 0 atom stereocenters. The Balaban J connectivity index is 2.11. The number of nitrogens with zero attached hydrogens (tertiary/aromatic N) is 1. The van der Waals surface area contributed by atoms with E-state index in [4.69, 9.17) is 5.73 Å². The lowest BCUT2D eigenvalue weighted by Gasteiger charge is -2.00. The number of H-pyrrole nitrogens is 1. The van der Waals surface area contributed by atoms with Crippen LogP contribution in [0.4, 0.5) is 4.39 Å². The fraction of sp³-hybridized carbons (Fsp3) is 0.0667. The lowest BCUT2D eigenvalue weighted by Crippen LogP contribution is -2.13. The number of carbonyl (C=O) groups excluding carboxylic acids is 1. The summed E-state index contributed by atoms with van der Waals surface area (Å²) in [4.78, 5) is 11.0. The molecule has 0 aliphatic carbocycles. The minimum Gasteiger partial charge on any atom is -0.369 e. The lowest BCUT2D eigenvalue weighted by atomic mass is 10.0. The van der Waals surface area contributed by atoms with Crippen LogP contribution in [-0.2, 0) is 11.2 Å². The van der Waals surface area contributed by atoms with E-state index >= 15 is 0 Å². The third-order valence-corrected chi connectivity index (χ3v) is 3.12. The minimum atomic E-state index is -0.379. The highest BCUT2D eigenvalue weighted by Crippen LogP contribution is 2.27. The number of hydrogen-bond donors (Lipinski definition) is 2. The average molecular weight is 269 g/mol. The van der Waals surface area contributed by atoms with Crippen LogP contribution in [-0.4, -0.2) is 16.1 Å². The smallest absolute Gasteiger partial charge is 0.221 e. The molecule has 0 radical (unpaired) electrons. The maximum Gasteiger partial charge on any atom is 0.221 e. The van der Waals surface area contributed by atoms with E-state index in [1.165, 1.54) is 12.1 Å². The number of primary amides is 1. The zero-order valence-corrected chi connectivity index (χ0v) is 10.6. The van der Waals surface area contributed by atoms with Crippen LogP contribution in [0.15, 0.2) is 42.5 Å². The molecule has 0 bridgehead atoms. The number of carbonyl (C=O) groups is 1. The highest BCUT2D eigenvalue weighted by Gasteiger charge is 2.09. The largest absolute Gasteiger partial charge is 0.369 e. The topological polar surface area (TPSA) is 71.8 Å². The zero-order valence-electron chi connectivity index (χ0n) is 10.6. The molecular weight excluding hydrogens is 257 g/mol. The van der Waals surface area contributed by atoms with Crippen molar-refractivity contribution >= 4 is 16.8 Å². The van der Waals surface area contributed by atoms with E-state index in [1.54, 1.807) is 12.1 Å². The van der Waals surface area contributed by atoms with Crippen molar-refractivity contribution in [3.63, 3.8) is 0 Å². The van der Waals surface area contributed by atoms with Gasteiger partial charge in [0, 0.05) is 10.9 Å². The summed E-state index contributed by atoms with van der Waals surface area (Å²) in [7, 11) is 0. The second-order valence-corrected chi connectivity index (χ2v) is 4.60. The first-order valence-electron chi connectivity index (χ1n) is 6.15. The number of halogens is 1. The molecule has 3 aromatic rings. The van der Waals surface area contributed by atoms with Gasteiger partial charge in [0.2, 0.25) is 5.91 Å². The maximum atomic E-state index is 13.0. The van der Waals surface area contributed by atoms with E-state index in [0.29, 0.717) is 0 Å². The number of rotatable bonds is 3. The van der Waals surface area contributed by atoms with Gasteiger partial charge in [-0.05, 0) is 42.0 Å². The molecule has 0 saturated carbocycles. The Kier molecular flexibility index (Phi) is 2.95. The van der Waals surface area contributed by atoms with Crippen LogP contribution >= 0.6 is 0 Å². The van der Waals surface area contributed by atoms with Crippen LogP contribution in [0.25, 0.3) is 22.2 Å². The van der Waals surface area contributed by atoms with Crippen LogP contribution in [0.1, 0.15) is 5.56 Å². The third-order valence-electron chi connectivity index (χ3n) is 3.12. The number of hydrogen-bond acceptors (Lipinski definition) is 2. The number of benzene rings is 2. The van der Waals surface area contributed by atoms with Crippen molar-refractivity contribution in [1.82, 2.24) is 10.2 Å². The number of aromatic nitrogens is 2. The summed E-state index contributed by atoms with van der Waals surface area (Å²) in [6.07, 6.45) is 0.185. The van der Waals surface area contributed by atoms with Crippen LogP contribution in [0.2, 0.25) is 0 Å². The summed E-state index contributed by atoms with van der Waals surface area (Å²) >= 11 is 0. The zero-order chi connectivity index (χ0) is 14.1. The molecular formula is C15H12FN3O. The van der Waals surface area contributed by atoms with Crippen molar-refractivity contribution in [2.75, 3.05) is 0 Å². The van der Waals surface area contributed by atoms with Crippen LogP contribution in [0.5, 0.6) is 0 Å². The molecule has 20 heavy (non-hydrogen) atoms. The van der Waals surface area contributed by atoms with Crippen molar-refractivity contribution in [3.8, 4) is 11.3 Å². The maximum absolute atomic E-state index is 13.0. The Morgan fingerprint density at radius 2 is 1.95 bits per heavy atom. The van der Waals surface area contributed by atoms with Crippen molar-refractivity contribution in [3.05, 3.63) is 53.8 Å². The van der Waals surface area contributed by atoms with Crippen LogP contribution in [0.3, 0.4) is 0 Å². The molecule has 3 rings (SSSR count). The SMILES string of the molecule is NC(=O)Cc1ccc2[nH]nc(-c3ccc(F)cc3)c2c1. The molecule has 1 heterocycles. The minimum absolute atomic E-state index is 0.185. The standard InChI is InChI=1S/C15H12FN3O/c16-11-4-2-10(3-5-11)15-12-7-9(8-14(17)20)1-6-13(12)18-19-15/h1-7H,8H2,(H2,17,20)(H,18,19). The highest BCUT2D eigenvalue weighted by molar-refractivity contribution is 5.93. The van der Waals surface area contributed by atoms with E-state index in [1.807, 2.05) is 18.2 Å². The molecule has 1 amide bonds. The van der Waals surface area contributed by atoms with E-state index < -0.39 is 0 Å². The summed E-state index contributed by atoms with van der Waals surface area (Å²) in [6, 6.07) is 11.7. The van der Waals surface area contributed by atoms with Gasteiger partial charge in [0.05, 0.1) is 17.6 Å². The van der Waals surface area contributed by atoms with Crippen LogP contribution in [0, 0.1) is 5.82 Å². The molecule has 5 heteroatoms. The molecule has 1 aromatic heterocycles. The van der Waals surface area contributed by atoms with Gasteiger partial charge in [-0.1, -0.05) is 6.07 Å². The number of fused-ring (bicyclic) bond motifs is 1. The first kappa shape index (κ1) is 12.3. The summed E-state index contributed by atoms with van der Waals surface area (Å²) in [6.45, 7) is 0. The highest BCUT2D eigenvalue weighted by atomic mass is 19.1. The third kappa shape index (κ3) is 2.25. The molecule has 0 spiro atoms. The van der Waals surface area contributed by atoms with Gasteiger partial charge >= 0.3 is 0 Å². The first-order chi connectivity index (χ1) is 9.63. The van der Waals surface area contributed by atoms with Crippen molar-refractivity contribution in [2.24, 2.45) is 5.73 Å². The Morgan fingerprint density at radius 1 is 1.20 bits per heavy atom. The Morgan fingerprint density at radius 3 is 2.65 bits per heavy atom. The first-order valence-corrected chi connectivity index (χ1v) is 6.15. The predicted molar refractivity (Wildman–Crippen MR) is 74.4 cm³/mol. The predicted octanol–water partition coefficient (Wildman–Crippen LogP) is 2.40. The Labute approximate surface area is 114 Å². The van der Waals surface area contributed by atoms with Gasteiger partial charge in [0.15, 0.2) is 0 Å². The molecule has 0 unspecified atom stereocenters. The van der Waals surface area contributed by atoms with Crippen molar-refractivity contribution in [2.45, 2.75) is 6.42 Å². The van der Waals surface area contributed by atoms with Gasteiger partial charge in [-0.3, -0.25) is 9.89 Å². The number of amides is 1. The van der Waals surface area contributed by atoms with Crippen molar-refractivity contribution in [1.29, 1.82) is 0 Å². The summed E-state index contributed by atoms with van der Waals surface area (Å²) in [5, 5.41) is 8.06. The average Bonchev–Trinajstić information content (AvgIpc) is 2.82. The van der Waals surface area contributed by atoms with Gasteiger partial charge in [-0.25, -0.2) is 4.39 Å². The molecule has 100 valence electrons. The molecule has 0 saturated heterocycles. The van der Waals surface area contributed by atoms with E-state index in [9.17, 15) is 9.18 Å². The molecule has 0 fully saturated rings. The molecule has 0 aliphatic rings. The van der Waals surface area contributed by atoms with Gasteiger partial charge < -0.3 is 5.73 Å². The second-order valence-electron chi connectivity index (χ2n) is 4.60. The van der Waals surface area contributed by atoms with Gasteiger partial charge in [0.1, 0.15) is 5.82 Å². The monoisotopic (exact) mass is 269 g/mol. The van der Waals surface area contributed by atoms with Crippen LogP contribution < -0.4 is 5.73 Å². The summed E-state index contributed by atoms with van der Waals surface area (Å²) in [5.41, 5.74) is 8.43.